The van der Waals surface area contributed by atoms with Gasteiger partial charge < -0.3 is 4.57 Å². The van der Waals surface area contributed by atoms with Gasteiger partial charge in [-0.05, 0) is 92.0 Å². The molecule has 0 radical (unpaired) electrons. The van der Waals surface area contributed by atoms with Crippen LogP contribution >= 0.6 is 0 Å². The number of hydrogen-bond donors (Lipinski definition) is 0. The number of fused-ring (bicyclic) bond motifs is 13. The molecular weight excluding hydrogens is 679 g/mol. The van der Waals surface area contributed by atoms with Crippen LogP contribution in [0.25, 0.3) is 110 Å². The summed E-state index contributed by atoms with van der Waals surface area (Å²) in [6.07, 6.45) is 0. The second-order valence-electron chi connectivity index (χ2n) is 14.7. The summed E-state index contributed by atoms with van der Waals surface area (Å²) in [6.45, 7) is 0. The molecule has 0 saturated heterocycles. The van der Waals surface area contributed by atoms with Crippen LogP contribution in [0.2, 0.25) is 0 Å². The number of aromatic nitrogens is 3. The molecule has 2 heterocycles. The molecule has 0 aliphatic heterocycles. The van der Waals surface area contributed by atoms with Gasteiger partial charge in [-0.25, -0.2) is 4.98 Å². The van der Waals surface area contributed by atoms with Gasteiger partial charge in [-0.15, -0.1) is 0 Å². The molecule has 0 fully saturated rings. The molecule has 2 aromatic heterocycles. The minimum absolute atomic E-state index is 0.932. The molecule has 3 nitrogen and oxygen atoms in total. The molecule has 0 atom stereocenters. The molecule has 0 aliphatic carbocycles. The van der Waals surface area contributed by atoms with E-state index in [1.165, 1.54) is 70.6 Å². The van der Waals surface area contributed by atoms with Crippen LogP contribution in [-0.2, 0) is 0 Å². The van der Waals surface area contributed by atoms with E-state index in [1.54, 1.807) is 0 Å². The number of para-hydroxylation sites is 1. The van der Waals surface area contributed by atoms with Crippen molar-refractivity contribution in [1.82, 2.24) is 14.1 Å². The molecule has 0 spiro atoms. The highest BCUT2D eigenvalue weighted by molar-refractivity contribution is 6.26. The Hall–Kier alpha value is -7.49. The lowest BCUT2D eigenvalue weighted by Gasteiger charge is -2.15. The number of nitrogens with zero attached hydrogens (tertiary/aromatic N) is 3. The average molecular weight is 712 g/mol. The van der Waals surface area contributed by atoms with Gasteiger partial charge in [0.1, 0.15) is 5.82 Å². The molecule has 0 amide bonds. The third-order valence-corrected chi connectivity index (χ3v) is 11.7. The molecular formula is C53H33N3. The van der Waals surface area contributed by atoms with E-state index >= 15 is 0 Å². The summed E-state index contributed by atoms with van der Waals surface area (Å²) in [5.41, 5.74) is 10.2. The molecule has 12 rings (SSSR count). The first-order chi connectivity index (χ1) is 27.8. The van der Waals surface area contributed by atoms with E-state index in [9.17, 15) is 0 Å². The van der Waals surface area contributed by atoms with Gasteiger partial charge in [0.05, 0.1) is 22.1 Å². The van der Waals surface area contributed by atoms with Crippen LogP contribution < -0.4 is 0 Å². The predicted molar refractivity (Wildman–Crippen MR) is 236 cm³/mol. The highest BCUT2D eigenvalue weighted by atomic mass is 15.1. The monoisotopic (exact) mass is 711 g/mol. The Morgan fingerprint density at radius 1 is 0.286 bits per heavy atom. The topological polar surface area (TPSA) is 22.8 Å². The number of rotatable bonds is 4. The number of benzene rings is 10. The van der Waals surface area contributed by atoms with Gasteiger partial charge in [0.25, 0.3) is 0 Å². The molecule has 0 unspecified atom stereocenters. The SMILES string of the molecule is c1ccc(-c2ccc3c(c2)c2ccc4c(ccc5nc(-c6ccccc6)n(-c6ccccc6)c54)c2n3-c2ccc3c4ccccc4c4ccccc4c3c2)cc1. The van der Waals surface area contributed by atoms with E-state index in [0.29, 0.717) is 0 Å². The fourth-order valence-electron chi connectivity index (χ4n) is 9.21. The van der Waals surface area contributed by atoms with Gasteiger partial charge in [0, 0.05) is 38.5 Å². The second kappa shape index (κ2) is 12.0. The first kappa shape index (κ1) is 30.9. The van der Waals surface area contributed by atoms with Crippen LogP contribution in [0, 0.1) is 0 Å². The van der Waals surface area contributed by atoms with Gasteiger partial charge in [-0.2, -0.15) is 0 Å². The minimum Gasteiger partial charge on any atom is -0.309 e. The number of hydrogen-bond acceptors (Lipinski definition) is 1. The Bertz CT molecular complexity index is 3470. The zero-order chi connectivity index (χ0) is 36.7. The third kappa shape index (κ3) is 4.49. The van der Waals surface area contributed by atoms with Crippen LogP contribution in [0.3, 0.4) is 0 Å². The molecule has 0 bridgehead atoms. The maximum absolute atomic E-state index is 5.30. The summed E-state index contributed by atoms with van der Waals surface area (Å²) in [5.74, 6) is 0.932. The fraction of sp³-hybridized carbons (Fsp3) is 0. The van der Waals surface area contributed by atoms with Crippen molar-refractivity contribution in [2.75, 3.05) is 0 Å². The van der Waals surface area contributed by atoms with Gasteiger partial charge in [0.15, 0.2) is 0 Å². The van der Waals surface area contributed by atoms with Crippen molar-refractivity contribution >= 4 is 75.9 Å². The smallest absolute Gasteiger partial charge is 0.145 e. The van der Waals surface area contributed by atoms with Crippen molar-refractivity contribution in [1.29, 1.82) is 0 Å². The fourth-order valence-corrected chi connectivity index (χ4v) is 9.21. The van der Waals surface area contributed by atoms with E-state index in [1.807, 2.05) is 0 Å². The highest BCUT2D eigenvalue weighted by Crippen LogP contribution is 2.43. The van der Waals surface area contributed by atoms with E-state index < -0.39 is 0 Å². The maximum Gasteiger partial charge on any atom is 0.145 e. The summed E-state index contributed by atoms with van der Waals surface area (Å²) in [5, 5.41) is 12.4. The Morgan fingerprint density at radius 3 is 1.48 bits per heavy atom. The third-order valence-electron chi connectivity index (χ3n) is 11.7. The largest absolute Gasteiger partial charge is 0.309 e. The Balaban J connectivity index is 1.22. The van der Waals surface area contributed by atoms with Gasteiger partial charge in [-0.3, -0.25) is 4.57 Å². The molecule has 0 N–H and O–H groups in total. The predicted octanol–water partition coefficient (Wildman–Crippen LogP) is 14.1. The van der Waals surface area contributed by atoms with Gasteiger partial charge in [0.2, 0.25) is 0 Å². The lowest BCUT2D eigenvalue weighted by Crippen LogP contribution is -1.98. The zero-order valence-electron chi connectivity index (χ0n) is 30.4. The van der Waals surface area contributed by atoms with Crippen molar-refractivity contribution in [2.24, 2.45) is 0 Å². The number of imidazole rings is 1. The molecule has 12 aromatic rings. The van der Waals surface area contributed by atoms with Gasteiger partial charge in [-0.1, -0.05) is 152 Å². The normalized spacial score (nSPS) is 11.9. The van der Waals surface area contributed by atoms with Crippen molar-refractivity contribution in [3.05, 3.63) is 200 Å². The molecule has 260 valence electrons. The van der Waals surface area contributed by atoms with Crippen molar-refractivity contribution in [2.45, 2.75) is 0 Å². The van der Waals surface area contributed by atoms with Crippen LogP contribution in [0.1, 0.15) is 0 Å². The molecule has 3 heteroatoms. The lowest BCUT2D eigenvalue weighted by atomic mass is 9.94. The molecule has 10 aromatic carbocycles. The summed E-state index contributed by atoms with van der Waals surface area (Å²) < 4.78 is 4.84. The molecule has 56 heavy (non-hydrogen) atoms. The van der Waals surface area contributed by atoms with E-state index in [4.69, 9.17) is 4.98 Å². The van der Waals surface area contributed by atoms with Crippen LogP contribution in [0.4, 0.5) is 0 Å². The van der Waals surface area contributed by atoms with Crippen LogP contribution in [0.15, 0.2) is 200 Å². The van der Waals surface area contributed by atoms with Crippen molar-refractivity contribution in [3.63, 3.8) is 0 Å². The Labute approximate surface area is 322 Å². The summed E-state index contributed by atoms with van der Waals surface area (Å²) in [7, 11) is 0. The zero-order valence-corrected chi connectivity index (χ0v) is 30.4. The van der Waals surface area contributed by atoms with E-state index in [2.05, 4.69) is 209 Å². The highest BCUT2D eigenvalue weighted by Gasteiger charge is 2.22. The summed E-state index contributed by atoms with van der Waals surface area (Å²) >= 11 is 0. The van der Waals surface area contributed by atoms with Crippen LogP contribution in [-0.4, -0.2) is 14.1 Å². The van der Waals surface area contributed by atoms with E-state index in [0.717, 1.165) is 39.2 Å². The Morgan fingerprint density at radius 2 is 0.804 bits per heavy atom. The lowest BCUT2D eigenvalue weighted by molar-refractivity contribution is 1.11. The van der Waals surface area contributed by atoms with Crippen molar-refractivity contribution in [3.8, 4) is 33.9 Å². The quantitative estimate of drug-likeness (QED) is 0.167. The van der Waals surface area contributed by atoms with Crippen LogP contribution in [0.5, 0.6) is 0 Å². The van der Waals surface area contributed by atoms with Crippen molar-refractivity contribution < 1.29 is 0 Å². The molecule has 0 aliphatic rings. The summed E-state index contributed by atoms with van der Waals surface area (Å²) in [6, 6.07) is 72.7. The van der Waals surface area contributed by atoms with E-state index in [-0.39, 0.29) is 0 Å². The maximum atomic E-state index is 5.30. The Kier molecular flexibility index (Phi) is 6.63. The standard InChI is InChI=1S/C53H33N3/c1-4-14-34(15-5-1)36-24-31-50-48(32-36)46-28-27-45-44(29-30-49-52(45)56(37-18-8-3-9-19-37)53(54-49)35-16-6-2-7-17-35)51(46)55(50)38-25-26-43-41-22-11-10-20-39(41)40-21-12-13-23-42(40)47(43)33-38/h1-33H. The first-order valence-electron chi connectivity index (χ1n) is 19.2. The van der Waals surface area contributed by atoms with Gasteiger partial charge >= 0.3 is 0 Å². The molecule has 0 saturated carbocycles. The second-order valence-corrected chi connectivity index (χ2v) is 14.7. The minimum atomic E-state index is 0.932. The average Bonchev–Trinajstić information content (AvgIpc) is 3.84. The summed E-state index contributed by atoms with van der Waals surface area (Å²) in [4.78, 5) is 5.30. The first-order valence-corrected chi connectivity index (χ1v) is 19.2.